The molecule has 2 fully saturated rings. The number of rotatable bonds is 1. The third-order valence-electron chi connectivity index (χ3n) is 4.09. The van der Waals surface area contributed by atoms with Crippen LogP contribution >= 0.6 is 0 Å². The quantitative estimate of drug-likeness (QED) is 0.781. The van der Waals surface area contributed by atoms with Gasteiger partial charge in [0.05, 0.1) is 5.56 Å². The summed E-state index contributed by atoms with van der Waals surface area (Å²) in [7, 11) is 0. The number of hydrogen-bond acceptors (Lipinski definition) is 3. The molecular formula is C14H18N2O2. The van der Waals surface area contributed by atoms with Crippen molar-refractivity contribution < 1.29 is 9.90 Å². The van der Waals surface area contributed by atoms with Gasteiger partial charge in [0, 0.05) is 25.7 Å². The predicted molar refractivity (Wildman–Crippen MR) is 68.6 cm³/mol. The Hall–Kier alpha value is -1.55. The van der Waals surface area contributed by atoms with Crippen molar-refractivity contribution in [3.8, 4) is 5.75 Å². The van der Waals surface area contributed by atoms with Crippen molar-refractivity contribution in [1.82, 2.24) is 10.2 Å². The average Bonchev–Trinajstić information content (AvgIpc) is 2.93. The fourth-order valence-electron chi connectivity index (χ4n) is 3.08. The van der Waals surface area contributed by atoms with Crippen molar-refractivity contribution in [3.05, 3.63) is 29.3 Å². The van der Waals surface area contributed by atoms with Crippen LogP contribution in [0.2, 0.25) is 0 Å². The van der Waals surface area contributed by atoms with Gasteiger partial charge in [0.1, 0.15) is 5.75 Å². The largest absolute Gasteiger partial charge is 0.507 e. The van der Waals surface area contributed by atoms with E-state index >= 15 is 0 Å². The van der Waals surface area contributed by atoms with E-state index in [2.05, 4.69) is 5.32 Å². The molecule has 96 valence electrons. The van der Waals surface area contributed by atoms with Crippen LogP contribution in [0, 0.1) is 12.8 Å². The summed E-state index contributed by atoms with van der Waals surface area (Å²) in [5.74, 6) is 0.633. The number of benzene rings is 1. The molecule has 2 saturated heterocycles. The van der Waals surface area contributed by atoms with E-state index < -0.39 is 0 Å². The van der Waals surface area contributed by atoms with E-state index in [4.69, 9.17) is 0 Å². The second kappa shape index (κ2) is 4.28. The molecule has 18 heavy (non-hydrogen) atoms. The van der Waals surface area contributed by atoms with Crippen molar-refractivity contribution in [2.45, 2.75) is 19.4 Å². The maximum absolute atomic E-state index is 12.5. The number of phenols is 1. The van der Waals surface area contributed by atoms with E-state index in [9.17, 15) is 9.90 Å². The maximum Gasteiger partial charge on any atom is 0.257 e. The summed E-state index contributed by atoms with van der Waals surface area (Å²) >= 11 is 0. The average molecular weight is 246 g/mol. The number of amides is 1. The number of likely N-dealkylation sites (tertiary alicyclic amines) is 1. The molecule has 0 radical (unpaired) electrons. The number of carbonyl (C=O) groups is 1. The highest BCUT2D eigenvalue weighted by molar-refractivity contribution is 5.97. The highest BCUT2D eigenvalue weighted by Gasteiger charge is 2.40. The van der Waals surface area contributed by atoms with Crippen LogP contribution in [-0.2, 0) is 0 Å². The fourth-order valence-corrected chi connectivity index (χ4v) is 3.08. The van der Waals surface area contributed by atoms with Gasteiger partial charge in [-0.1, -0.05) is 11.6 Å². The van der Waals surface area contributed by atoms with E-state index in [-0.39, 0.29) is 11.7 Å². The minimum absolute atomic E-state index is 0.0348. The highest BCUT2D eigenvalue weighted by Crippen LogP contribution is 2.30. The Kier molecular flexibility index (Phi) is 2.74. The van der Waals surface area contributed by atoms with Crippen LogP contribution in [0.3, 0.4) is 0 Å². The Morgan fingerprint density at radius 1 is 1.44 bits per heavy atom. The Morgan fingerprint density at radius 2 is 2.28 bits per heavy atom. The molecule has 0 aromatic heterocycles. The molecule has 0 saturated carbocycles. The van der Waals surface area contributed by atoms with Gasteiger partial charge in [-0.2, -0.15) is 0 Å². The number of aryl methyl sites for hydroxylation is 1. The Labute approximate surface area is 107 Å². The van der Waals surface area contributed by atoms with E-state index in [1.165, 1.54) is 0 Å². The summed E-state index contributed by atoms with van der Waals surface area (Å²) in [6.07, 6.45) is 1.07. The number of aromatic hydroxyl groups is 1. The van der Waals surface area contributed by atoms with Gasteiger partial charge in [-0.05, 0) is 31.4 Å². The van der Waals surface area contributed by atoms with Crippen molar-refractivity contribution in [2.75, 3.05) is 19.6 Å². The summed E-state index contributed by atoms with van der Waals surface area (Å²) in [5.41, 5.74) is 1.43. The zero-order chi connectivity index (χ0) is 12.7. The number of hydrogen-bond donors (Lipinski definition) is 2. The van der Waals surface area contributed by atoms with Gasteiger partial charge in [-0.25, -0.2) is 0 Å². The molecule has 3 rings (SSSR count). The monoisotopic (exact) mass is 246 g/mol. The lowest BCUT2D eigenvalue weighted by Crippen LogP contribution is -2.39. The first kappa shape index (κ1) is 11.5. The van der Waals surface area contributed by atoms with Crippen LogP contribution < -0.4 is 5.32 Å². The lowest BCUT2D eigenvalue weighted by atomic mass is 10.0. The Bertz CT molecular complexity index is 487. The van der Waals surface area contributed by atoms with Crippen LogP contribution in [0.1, 0.15) is 22.3 Å². The maximum atomic E-state index is 12.5. The standard InChI is InChI=1S/C14H18N2O2/c1-9-2-3-13(17)11(6-9)14(18)16-5-4-10-7-15-8-12(10)16/h2-3,6,10,12,15,17H,4-5,7-8H2,1H3/t10-,12+/m1/s1. The summed E-state index contributed by atoms with van der Waals surface area (Å²) < 4.78 is 0. The molecular weight excluding hydrogens is 228 g/mol. The summed E-state index contributed by atoms with van der Waals surface area (Å²) in [4.78, 5) is 14.4. The Morgan fingerprint density at radius 3 is 3.11 bits per heavy atom. The van der Waals surface area contributed by atoms with E-state index in [0.717, 1.165) is 31.6 Å². The molecule has 2 heterocycles. The van der Waals surface area contributed by atoms with Crippen molar-refractivity contribution in [3.63, 3.8) is 0 Å². The third-order valence-corrected chi connectivity index (χ3v) is 4.09. The van der Waals surface area contributed by atoms with Gasteiger partial charge in [-0.3, -0.25) is 4.79 Å². The molecule has 2 N–H and O–H groups in total. The third kappa shape index (κ3) is 1.77. The zero-order valence-electron chi connectivity index (χ0n) is 10.5. The molecule has 0 spiro atoms. The SMILES string of the molecule is Cc1ccc(O)c(C(=O)N2CC[C@@H]3CNC[C@@H]32)c1. The number of nitrogens with zero attached hydrogens (tertiary/aromatic N) is 1. The smallest absolute Gasteiger partial charge is 0.257 e. The molecule has 1 aromatic rings. The lowest BCUT2D eigenvalue weighted by Gasteiger charge is -2.24. The molecule has 4 heteroatoms. The molecule has 0 aliphatic carbocycles. The molecule has 0 unspecified atom stereocenters. The molecule has 1 aromatic carbocycles. The first-order valence-corrected chi connectivity index (χ1v) is 6.48. The van der Waals surface area contributed by atoms with Crippen LogP contribution in [0.15, 0.2) is 18.2 Å². The second-order valence-electron chi connectivity index (χ2n) is 5.29. The molecule has 1 amide bonds. The molecule has 2 aliphatic rings. The summed E-state index contributed by atoms with van der Waals surface area (Å²) in [6.45, 7) is 4.63. The number of nitrogens with one attached hydrogen (secondary N) is 1. The highest BCUT2D eigenvalue weighted by atomic mass is 16.3. The molecule has 2 aliphatic heterocycles. The van der Waals surface area contributed by atoms with Crippen LogP contribution in [-0.4, -0.2) is 41.6 Å². The van der Waals surface area contributed by atoms with E-state index in [1.807, 2.05) is 17.9 Å². The lowest BCUT2D eigenvalue weighted by molar-refractivity contribution is 0.0734. The van der Waals surface area contributed by atoms with Gasteiger partial charge in [0.25, 0.3) is 5.91 Å². The minimum atomic E-state index is -0.0348. The Balaban J connectivity index is 1.88. The number of fused-ring (bicyclic) bond motifs is 1. The normalized spacial score (nSPS) is 26.4. The van der Waals surface area contributed by atoms with Gasteiger partial charge in [-0.15, -0.1) is 0 Å². The summed E-state index contributed by atoms with van der Waals surface area (Å²) in [5, 5.41) is 13.2. The topological polar surface area (TPSA) is 52.6 Å². The molecule has 0 bridgehead atoms. The van der Waals surface area contributed by atoms with E-state index in [1.54, 1.807) is 12.1 Å². The minimum Gasteiger partial charge on any atom is -0.507 e. The van der Waals surface area contributed by atoms with E-state index in [0.29, 0.717) is 17.5 Å². The van der Waals surface area contributed by atoms with Crippen LogP contribution in [0.5, 0.6) is 5.75 Å². The van der Waals surface area contributed by atoms with Crippen molar-refractivity contribution >= 4 is 5.91 Å². The van der Waals surface area contributed by atoms with Gasteiger partial charge in [0.15, 0.2) is 0 Å². The van der Waals surface area contributed by atoms with Gasteiger partial charge >= 0.3 is 0 Å². The zero-order valence-corrected chi connectivity index (χ0v) is 10.5. The summed E-state index contributed by atoms with van der Waals surface area (Å²) in [6, 6.07) is 5.49. The van der Waals surface area contributed by atoms with Gasteiger partial charge < -0.3 is 15.3 Å². The molecule has 2 atom stereocenters. The second-order valence-corrected chi connectivity index (χ2v) is 5.29. The first-order valence-electron chi connectivity index (χ1n) is 6.48. The van der Waals surface area contributed by atoms with Crippen LogP contribution in [0.25, 0.3) is 0 Å². The predicted octanol–water partition coefficient (Wildman–Crippen LogP) is 1.13. The fraction of sp³-hybridized carbons (Fsp3) is 0.500. The van der Waals surface area contributed by atoms with Crippen molar-refractivity contribution in [1.29, 1.82) is 0 Å². The van der Waals surface area contributed by atoms with Crippen LogP contribution in [0.4, 0.5) is 0 Å². The van der Waals surface area contributed by atoms with Gasteiger partial charge in [0.2, 0.25) is 0 Å². The molecule has 4 nitrogen and oxygen atoms in total. The van der Waals surface area contributed by atoms with Crippen molar-refractivity contribution in [2.24, 2.45) is 5.92 Å². The number of carbonyl (C=O) groups excluding carboxylic acids is 1. The first-order chi connectivity index (χ1) is 8.66. The number of phenolic OH excluding ortho intramolecular Hbond substituents is 1.